The number of hydrogen-bond acceptors (Lipinski definition) is 1. The summed E-state index contributed by atoms with van der Waals surface area (Å²) in [6.45, 7) is 5.35. The number of nitrogens with two attached hydrogens (primary N) is 1. The topological polar surface area (TPSA) is 26.0 Å². The van der Waals surface area contributed by atoms with Crippen LogP contribution >= 0.6 is 0 Å². The lowest BCUT2D eigenvalue weighted by atomic mass is 9.91. The smallest absolute Gasteiger partial charge is 0.298 e. The van der Waals surface area contributed by atoms with Gasteiger partial charge in [-0.25, -0.2) is 0 Å². The van der Waals surface area contributed by atoms with Crippen LogP contribution in [-0.4, -0.2) is 0 Å². The highest BCUT2D eigenvalue weighted by atomic mass is 19.3. The van der Waals surface area contributed by atoms with Crippen LogP contribution in [0, 0.1) is 20.8 Å². The highest BCUT2D eigenvalue weighted by Crippen LogP contribution is 2.39. The van der Waals surface area contributed by atoms with Gasteiger partial charge in [0.2, 0.25) is 0 Å². The minimum Gasteiger partial charge on any atom is -0.399 e. The highest BCUT2D eigenvalue weighted by Gasteiger charge is 2.36. The molecular weight excluding hydrogens is 244 g/mol. The summed E-state index contributed by atoms with van der Waals surface area (Å²) in [5.41, 5.74) is 8.30. The van der Waals surface area contributed by atoms with Gasteiger partial charge in [-0.05, 0) is 44.0 Å². The zero-order valence-corrected chi connectivity index (χ0v) is 11.3. The molecule has 100 valence electrons. The molecule has 0 atom stereocenters. The first-order chi connectivity index (χ1) is 8.82. The van der Waals surface area contributed by atoms with Crippen molar-refractivity contribution in [3.8, 4) is 0 Å². The average Bonchev–Trinajstić information content (AvgIpc) is 2.27. The number of nitrogen functional groups attached to an aromatic ring is 1. The van der Waals surface area contributed by atoms with E-state index in [9.17, 15) is 8.78 Å². The van der Waals surface area contributed by atoms with Crippen molar-refractivity contribution in [3.63, 3.8) is 0 Å². The molecule has 0 unspecified atom stereocenters. The molecular formula is C16H17F2N. The molecule has 0 saturated heterocycles. The van der Waals surface area contributed by atoms with Gasteiger partial charge < -0.3 is 5.73 Å². The van der Waals surface area contributed by atoms with E-state index in [-0.39, 0.29) is 11.1 Å². The third kappa shape index (κ3) is 2.46. The number of anilines is 1. The van der Waals surface area contributed by atoms with Crippen molar-refractivity contribution in [3.05, 3.63) is 64.2 Å². The Hall–Kier alpha value is -1.90. The highest BCUT2D eigenvalue weighted by molar-refractivity contribution is 5.48. The van der Waals surface area contributed by atoms with E-state index in [1.54, 1.807) is 26.0 Å². The SMILES string of the molecule is Cc1cc(C)c(C(F)(F)c2ccc(N)cc2)c(C)c1. The molecule has 2 N–H and O–H groups in total. The monoisotopic (exact) mass is 261 g/mol. The second-order valence-electron chi connectivity index (χ2n) is 4.97. The zero-order chi connectivity index (χ0) is 14.2. The van der Waals surface area contributed by atoms with E-state index in [4.69, 9.17) is 5.73 Å². The van der Waals surface area contributed by atoms with E-state index >= 15 is 0 Å². The lowest BCUT2D eigenvalue weighted by Gasteiger charge is -2.22. The van der Waals surface area contributed by atoms with Crippen molar-refractivity contribution in [1.29, 1.82) is 0 Å². The molecule has 0 aliphatic carbocycles. The van der Waals surface area contributed by atoms with Crippen LogP contribution in [0.2, 0.25) is 0 Å². The predicted octanol–water partition coefficient (Wildman–Crippen LogP) is 4.33. The Morgan fingerprint density at radius 1 is 0.895 bits per heavy atom. The van der Waals surface area contributed by atoms with Gasteiger partial charge in [0, 0.05) is 16.8 Å². The fraction of sp³-hybridized carbons (Fsp3) is 0.250. The van der Waals surface area contributed by atoms with Crippen LogP contribution in [-0.2, 0) is 5.92 Å². The predicted molar refractivity (Wildman–Crippen MR) is 74.5 cm³/mol. The number of halogens is 2. The summed E-state index contributed by atoms with van der Waals surface area (Å²) in [4.78, 5) is 0. The second kappa shape index (κ2) is 4.65. The van der Waals surface area contributed by atoms with Crippen molar-refractivity contribution in [2.24, 2.45) is 0 Å². The van der Waals surface area contributed by atoms with E-state index in [0.717, 1.165) is 5.56 Å². The Labute approximate surface area is 112 Å². The molecule has 0 spiro atoms. The molecule has 0 fully saturated rings. The molecule has 0 aliphatic rings. The Balaban J connectivity index is 2.59. The summed E-state index contributed by atoms with van der Waals surface area (Å²) in [6.07, 6.45) is 0. The fourth-order valence-corrected chi connectivity index (χ4v) is 2.51. The summed E-state index contributed by atoms with van der Waals surface area (Å²) >= 11 is 0. The molecule has 19 heavy (non-hydrogen) atoms. The first-order valence-corrected chi connectivity index (χ1v) is 6.14. The Morgan fingerprint density at radius 2 is 1.37 bits per heavy atom. The Morgan fingerprint density at radius 3 is 1.84 bits per heavy atom. The summed E-state index contributed by atoms with van der Waals surface area (Å²) in [5.74, 6) is -3.00. The molecule has 0 radical (unpaired) electrons. The summed E-state index contributed by atoms with van der Waals surface area (Å²) < 4.78 is 29.3. The van der Waals surface area contributed by atoms with Crippen LogP contribution in [0.15, 0.2) is 36.4 Å². The van der Waals surface area contributed by atoms with Gasteiger partial charge in [-0.3, -0.25) is 0 Å². The number of benzene rings is 2. The molecule has 0 aromatic heterocycles. The van der Waals surface area contributed by atoms with Gasteiger partial charge in [0.1, 0.15) is 0 Å². The minimum atomic E-state index is -3.00. The number of rotatable bonds is 2. The van der Waals surface area contributed by atoms with Gasteiger partial charge in [-0.1, -0.05) is 29.8 Å². The lowest BCUT2D eigenvalue weighted by molar-refractivity contribution is 0.0415. The Bertz CT molecular complexity index is 578. The summed E-state index contributed by atoms with van der Waals surface area (Å²) in [7, 11) is 0. The quantitative estimate of drug-likeness (QED) is 0.800. The second-order valence-corrected chi connectivity index (χ2v) is 4.97. The molecule has 1 nitrogen and oxygen atoms in total. The van der Waals surface area contributed by atoms with Gasteiger partial charge in [0.05, 0.1) is 0 Å². The first-order valence-electron chi connectivity index (χ1n) is 6.14. The molecule has 3 heteroatoms. The van der Waals surface area contributed by atoms with Crippen LogP contribution < -0.4 is 5.73 Å². The molecule has 0 heterocycles. The number of hydrogen-bond donors (Lipinski definition) is 1. The van der Waals surface area contributed by atoms with Crippen LogP contribution in [0.5, 0.6) is 0 Å². The van der Waals surface area contributed by atoms with E-state index in [2.05, 4.69) is 0 Å². The van der Waals surface area contributed by atoms with E-state index in [1.165, 1.54) is 24.3 Å². The average molecular weight is 261 g/mol. The molecule has 0 bridgehead atoms. The van der Waals surface area contributed by atoms with E-state index in [1.807, 2.05) is 6.92 Å². The third-order valence-electron chi connectivity index (χ3n) is 3.26. The van der Waals surface area contributed by atoms with Crippen molar-refractivity contribution in [2.45, 2.75) is 26.7 Å². The largest absolute Gasteiger partial charge is 0.399 e. The first kappa shape index (κ1) is 13.5. The minimum absolute atomic E-state index is 0.0308. The van der Waals surface area contributed by atoms with E-state index < -0.39 is 5.92 Å². The maximum absolute atomic E-state index is 14.6. The van der Waals surface area contributed by atoms with Crippen LogP contribution in [0.1, 0.15) is 27.8 Å². The molecule has 0 saturated carbocycles. The molecule has 2 rings (SSSR count). The zero-order valence-electron chi connectivity index (χ0n) is 11.3. The van der Waals surface area contributed by atoms with Gasteiger partial charge >= 0.3 is 0 Å². The maximum atomic E-state index is 14.6. The molecule has 0 aliphatic heterocycles. The van der Waals surface area contributed by atoms with Crippen LogP contribution in [0.4, 0.5) is 14.5 Å². The standard InChI is InChI=1S/C16H17F2N/c1-10-8-11(2)15(12(3)9-10)16(17,18)13-4-6-14(19)7-5-13/h4-9H,19H2,1-3H3. The normalized spacial score (nSPS) is 11.6. The van der Waals surface area contributed by atoms with Crippen molar-refractivity contribution < 1.29 is 8.78 Å². The Kier molecular flexibility index (Phi) is 3.31. The number of alkyl halides is 2. The molecule has 0 amide bonds. The van der Waals surface area contributed by atoms with Gasteiger partial charge in [-0.2, -0.15) is 8.78 Å². The molecule has 2 aromatic carbocycles. The van der Waals surface area contributed by atoms with Crippen LogP contribution in [0.3, 0.4) is 0 Å². The third-order valence-corrected chi connectivity index (χ3v) is 3.26. The fourth-order valence-electron chi connectivity index (χ4n) is 2.51. The summed E-state index contributed by atoms with van der Waals surface area (Å²) in [6, 6.07) is 9.34. The van der Waals surface area contributed by atoms with Crippen LogP contribution in [0.25, 0.3) is 0 Å². The lowest BCUT2D eigenvalue weighted by Crippen LogP contribution is -2.18. The van der Waals surface area contributed by atoms with Gasteiger partial charge in [0.25, 0.3) is 5.92 Å². The van der Waals surface area contributed by atoms with Crippen molar-refractivity contribution >= 4 is 5.69 Å². The number of aryl methyl sites for hydroxylation is 3. The van der Waals surface area contributed by atoms with Gasteiger partial charge in [0.15, 0.2) is 0 Å². The van der Waals surface area contributed by atoms with Gasteiger partial charge in [-0.15, -0.1) is 0 Å². The maximum Gasteiger partial charge on any atom is 0.298 e. The van der Waals surface area contributed by atoms with Crippen molar-refractivity contribution in [2.75, 3.05) is 5.73 Å². The molecule has 2 aromatic rings. The summed E-state index contributed by atoms with van der Waals surface area (Å²) in [5, 5.41) is 0. The van der Waals surface area contributed by atoms with E-state index in [0.29, 0.717) is 16.8 Å². The van der Waals surface area contributed by atoms with Crippen molar-refractivity contribution in [1.82, 2.24) is 0 Å².